The number of aliphatic hydroxyl groups is 1. The predicted octanol–water partition coefficient (Wildman–Crippen LogP) is 5.17. The SMILES string of the molecule is CCC[C@H](O)[C@H](N)c1ccc2ccc3cccc4ccc1c2c34.Cl. The molecule has 0 aliphatic carbocycles. The molecule has 4 aromatic rings. The lowest BCUT2D eigenvalue weighted by molar-refractivity contribution is 0.135. The standard InChI is InChI=1S/C21H21NO.ClH/c1-2-4-18(23)21(22)17-12-10-15-8-7-13-5-3-6-14-9-11-16(17)20(15)19(13)14;/h3,5-12,18,21,23H,2,4,22H2,1H3;1H/t18-,21+;/m0./s1. The molecule has 3 heteroatoms. The van der Waals surface area contributed by atoms with Gasteiger partial charge in [0.15, 0.2) is 0 Å². The van der Waals surface area contributed by atoms with E-state index >= 15 is 0 Å². The second-order valence-corrected chi connectivity index (χ2v) is 6.39. The van der Waals surface area contributed by atoms with Crippen LogP contribution in [0.5, 0.6) is 0 Å². The molecule has 0 aromatic heterocycles. The van der Waals surface area contributed by atoms with Crippen LogP contribution >= 0.6 is 12.4 Å². The summed E-state index contributed by atoms with van der Waals surface area (Å²) in [6.07, 6.45) is 1.16. The van der Waals surface area contributed by atoms with Crippen molar-refractivity contribution in [1.29, 1.82) is 0 Å². The Labute approximate surface area is 148 Å². The van der Waals surface area contributed by atoms with Crippen molar-refractivity contribution in [2.45, 2.75) is 31.9 Å². The maximum Gasteiger partial charge on any atom is 0.0732 e. The van der Waals surface area contributed by atoms with Crippen molar-refractivity contribution in [2.75, 3.05) is 0 Å². The van der Waals surface area contributed by atoms with Gasteiger partial charge < -0.3 is 10.8 Å². The van der Waals surface area contributed by atoms with Crippen molar-refractivity contribution in [1.82, 2.24) is 0 Å². The van der Waals surface area contributed by atoms with E-state index in [2.05, 4.69) is 61.5 Å². The van der Waals surface area contributed by atoms with E-state index in [1.54, 1.807) is 0 Å². The first-order chi connectivity index (χ1) is 11.2. The quantitative estimate of drug-likeness (QED) is 0.504. The number of halogens is 1. The molecule has 0 spiro atoms. The second kappa shape index (κ2) is 6.56. The van der Waals surface area contributed by atoms with Crippen molar-refractivity contribution in [3.05, 3.63) is 60.2 Å². The number of hydrogen-bond donors (Lipinski definition) is 2. The van der Waals surface area contributed by atoms with Crippen molar-refractivity contribution >= 4 is 44.7 Å². The number of aliphatic hydroxyl groups excluding tert-OH is 1. The summed E-state index contributed by atoms with van der Waals surface area (Å²) in [6, 6.07) is 18.9. The third-order valence-electron chi connectivity index (χ3n) is 4.92. The Kier molecular flexibility index (Phi) is 4.64. The summed E-state index contributed by atoms with van der Waals surface area (Å²) in [4.78, 5) is 0. The average Bonchev–Trinajstić information content (AvgIpc) is 2.59. The van der Waals surface area contributed by atoms with Gasteiger partial charge in [-0.3, -0.25) is 0 Å². The van der Waals surface area contributed by atoms with Crippen LogP contribution in [0.25, 0.3) is 32.3 Å². The molecule has 2 atom stereocenters. The third-order valence-corrected chi connectivity index (χ3v) is 4.92. The Morgan fingerprint density at radius 1 is 0.875 bits per heavy atom. The fraction of sp³-hybridized carbons (Fsp3) is 0.238. The zero-order valence-corrected chi connectivity index (χ0v) is 14.5. The van der Waals surface area contributed by atoms with E-state index in [1.807, 2.05) is 0 Å². The van der Waals surface area contributed by atoms with E-state index < -0.39 is 6.10 Å². The first-order valence-corrected chi connectivity index (χ1v) is 8.30. The molecular formula is C21H22ClNO. The lowest BCUT2D eigenvalue weighted by Crippen LogP contribution is -2.26. The van der Waals surface area contributed by atoms with Gasteiger partial charge in [0, 0.05) is 0 Å². The van der Waals surface area contributed by atoms with E-state index in [1.165, 1.54) is 26.9 Å². The van der Waals surface area contributed by atoms with Crippen molar-refractivity contribution in [2.24, 2.45) is 5.73 Å². The third kappa shape index (κ3) is 2.51. The summed E-state index contributed by atoms with van der Waals surface area (Å²) in [5, 5.41) is 17.8. The maximum absolute atomic E-state index is 10.3. The van der Waals surface area contributed by atoms with Gasteiger partial charge >= 0.3 is 0 Å². The van der Waals surface area contributed by atoms with Gasteiger partial charge in [-0.15, -0.1) is 12.4 Å². The van der Waals surface area contributed by atoms with Gasteiger partial charge in [0.2, 0.25) is 0 Å². The van der Waals surface area contributed by atoms with Crippen LogP contribution in [0.3, 0.4) is 0 Å². The second-order valence-electron chi connectivity index (χ2n) is 6.39. The molecule has 0 amide bonds. The summed E-state index contributed by atoms with van der Waals surface area (Å²) < 4.78 is 0. The molecule has 0 heterocycles. The first-order valence-electron chi connectivity index (χ1n) is 8.30. The molecule has 4 rings (SSSR count). The molecule has 0 radical (unpaired) electrons. The first kappa shape index (κ1) is 17.0. The molecule has 0 bridgehead atoms. The Morgan fingerprint density at radius 3 is 2.12 bits per heavy atom. The number of nitrogens with two attached hydrogens (primary N) is 1. The molecule has 2 nitrogen and oxygen atoms in total. The highest BCUT2D eigenvalue weighted by molar-refractivity contribution is 6.23. The average molecular weight is 340 g/mol. The zero-order valence-electron chi connectivity index (χ0n) is 13.7. The minimum atomic E-state index is -0.501. The Hall–Kier alpha value is -1.87. The topological polar surface area (TPSA) is 46.2 Å². The van der Waals surface area contributed by atoms with Gasteiger partial charge in [-0.1, -0.05) is 67.9 Å². The van der Waals surface area contributed by atoms with Gasteiger partial charge in [-0.25, -0.2) is 0 Å². The number of benzene rings is 4. The number of rotatable bonds is 4. The highest BCUT2D eigenvalue weighted by atomic mass is 35.5. The summed E-state index contributed by atoms with van der Waals surface area (Å²) in [5.41, 5.74) is 7.41. The minimum absolute atomic E-state index is 0. The van der Waals surface area contributed by atoms with Crippen LogP contribution in [0, 0.1) is 0 Å². The molecule has 0 aliphatic heterocycles. The molecule has 0 unspecified atom stereocenters. The van der Waals surface area contributed by atoms with Crippen LogP contribution in [-0.2, 0) is 0 Å². The molecule has 0 fully saturated rings. The van der Waals surface area contributed by atoms with Gasteiger partial charge in [0.1, 0.15) is 0 Å². The monoisotopic (exact) mass is 339 g/mol. The largest absolute Gasteiger partial charge is 0.391 e. The summed E-state index contributed by atoms with van der Waals surface area (Å²) in [7, 11) is 0. The van der Waals surface area contributed by atoms with Crippen LogP contribution in [0.15, 0.2) is 54.6 Å². The van der Waals surface area contributed by atoms with E-state index in [0.717, 1.165) is 23.8 Å². The highest BCUT2D eigenvalue weighted by Gasteiger charge is 2.20. The summed E-state index contributed by atoms with van der Waals surface area (Å²) >= 11 is 0. The molecule has 0 saturated heterocycles. The van der Waals surface area contributed by atoms with Crippen molar-refractivity contribution in [3.8, 4) is 0 Å². The van der Waals surface area contributed by atoms with Crippen LogP contribution < -0.4 is 5.73 Å². The summed E-state index contributed by atoms with van der Waals surface area (Å²) in [5.74, 6) is 0. The van der Waals surface area contributed by atoms with E-state index in [9.17, 15) is 5.11 Å². The molecule has 0 aliphatic rings. The van der Waals surface area contributed by atoms with Crippen LogP contribution in [0.4, 0.5) is 0 Å². The molecular weight excluding hydrogens is 318 g/mol. The zero-order chi connectivity index (χ0) is 16.0. The fourth-order valence-electron chi connectivity index (χ4n) is 3.73. The molecule has 3 N–H and O–H groups in total. The highest BCUT2D eigenvalue weighted by Crippen LogP contribution is 2.37. The van der Waals surface area contributed by atoms with Crippen molar-refractivity contribution in [3.63, 3.8) is 0 Å². The van der Waals surface area contributed by atoms with Gasteiger partial charge in [-0.05, 0) is 44.3 Å². The Bertz CT molecular complexity index is 966. The van der Waals surface area contributed by atoms with Crippen LogP contribution in [0.2, 0.25) is 0 Å². The molecule has 0 saturated carbocycles. The van der Waals surface area contributed by atoms with Gasteiger partial charge in [0.05, 0.1) is 12.1 Å². The molecule has 124 valence electrons. The van der Waals surface area contributed by atoms with E-state index in [-0.39, 0.29) is 18.4 Å². The normalized spacial score (nSPS) is 14.1. The smallest absolute Gasteiger partial charge is 0.0732 e. The molecule has 4 aromatic carbocycles. The van der Waals surface area contributed by atoms with E-state index in [4.69, 9.17) is 5.73 Å². The predicted molar refractivity (Wildman–Crippen MR) is 105 cm³/mol. The van der Waals surface area contributed by atoms with Crippen LogP contribution in [-0.4, -0.2) is 11.2 Å². The summed E-state index contributed by atoms with van der Waals surface area (Å²) in [6.45, 7) is 2.07. The Balaban J connectivity index is 0.00000169. The lowest BCUT2D eigenvalue weighted by atomic mass is 9.88. The Morgan fingerprint density at radius 2 is 1.46 bits per heavy atom. The van der Waals surface area contributed by atoms with Gasteiger partial charge in [0.25, 0.3) is 0 Å². The minimum Gasteiger partial charge on any atom is -0.391 e. The fourth-order valence-corrected chi connectivity index (χ4v) is 3.73. The van der Waals surface area contributed by atoms with Crippen LogP contribution in [0.1, 0.15) is 31.4 Å². The number of hydrogen-bond acceptors (Lipinski definition) is 2. The van der Waals surface area contributed by atoms with Crippen molar-refractivity contribution < 1.29 is 5.11 Å². The maximum atomic E-state index is 10.3. The lowest BCUT2D eigenvalue weighted by Gasteiger charge is -2.22. The van der Waals surface area contributed by atoms with E-state index in [0.29, 0.717) is 0 Å². The molecule has 24 heavy (non-hydrogen) atoms. The van der Waals surface area contributed by atoms with Gasteiger partial charge in [-0.2, -0.15) is 0 Å².